The summed E-state index contributed by atoms with van der Waals surface area (Å²) in [5, 5.41) is 2.11. The quantitative estimate of drug-likeness (QED) is 0.857. The molecule has 0 fully saturated rings. The molecule has 5 heteroatoms. The third-order valence-corrected chi connectivity index (χ3v) is 4.08. The Labute approximate surface area is 114 Å². The van der Waals surface area contributed by atoms with Gasteiger partial charge < -0.3 is 5.73 Å². The molecule has 0 aliphatic carbocycles. The fourth-order valence-electron chi connectivity index (χ4n) is 1.75. The molecule has 0 aliphatic rings. The van der Waals surface area contributed by atoms with Crippen LogP contribution in [0.1, 0.15) is 0 Å². The summed E-state index contributed by atoms with van der Waals surface area (Å²) >= 11 is 1.19. The Balaban J connectivity index is 2.09. The Morgan fingerprint density at radius 1 is 1.05 bits per heavy atom. The van der Waals surface area contributed by atoms with Gasteiger partial charge in [-0.2, -0.15) is 13.2 Å². The van der Waals surface area contributed by atoms with Crippen molar-refractivity contribution in [3.8, 4) is 0 Å². The average Bonchev–Trinajstić information content (AvgIpc) is 2.37. The first-order valence-electron chi connectivity index (χ1n) is 5.89. The summed E-state index contributed by atoms with van der Waals surface area (Å²) in [6, 6.07) is 13.4. The van der Waals surface area contributed by atoms with Crippen molar-refractivity contribution < 1.29 is 13.2 Å². The molecule has 0 heterocycles. The van der Waals surface area contributed by atoms with Crippen LogP contribution in [0.2, 0.25) is 0 Å². The van der Waals surface area contributed by atoms with E-state index in [1.165, 1.54) is 11.8 Å². The zero-order valence-electron chi connectivity index (χ0n) is 10.2. The average molecular weight is 285 g/mol. The van der Waals surface area contributed by atoms with E-state index >= 15 is 0 Å². The first kappa shape index (κ1) is 14.2. The molecule has 102 valence electrons. The maximum absolute atomic E-state index is 12.6. The van der Waals surface area contributed by atoms with Gasteiger partial charge in [0.25, 0.3) is 0 Å². The number of hydrogen-bond acceptors (Lipinski definition) is 2. The fourth-order valence-corrected chi connectivity index (χ4v) is 2.84. The summed E-state index contributed by atoms with van der Waals surface area (Å²) in [6.07, 6.45) is -4.22. The van der Waals surface area contributed by atoms with Gasteiger partial charge in [-0.3, -0.25) is 0 Å². The third-order valence-electron chi connectivity index (χ3n) is 2.92. The third kappa shape index (κ3) is 3.64. The van der Waals surface area contributed by atoms with E-state index < -0.39 is 12.1 Å². The molecule has 0 saturated heterocycles. The normalized spacial score (nSPS) is 13.7. The molecule has 0 aromatic heterocycles. The van der Waals surface area contributed by atoms with Crippen LogP contribution in [-0.2, 0) is 0 Å². The van der Waals surface area contributed by atoms with E-state index in [9.17, 15) is 13.2 Å². The van der Waals surface area contributed by atoms with Gasteiger partial charge in [0.1, 0.15) is 0 Å². The monoisotopic (exact) mass is 285 g/mol. The highest BCUT2D eigenvalue weighted by molar-refractivity contribution is 7.99. The molecule has 1 unspecified atom stereocenters. The number of rotatable bonds is 4. The topological polar surface area (TPSA) is 26.0 Å². The van der Waals surface area contributed by atoms with Gasteiger partial charge in [-0.05, 0) is 22.9 Å². The second-order valence-electron chi connectivity index (χ2n) is 4.29. The SMILES string of the molecule is NCC(CSc1ccc2ccccc2c1)C(F)(F)F. The summed E-state index contributed by atoms with van der Waals surface area (Å²) in [7, 11) is 0. The number of alkyl halides is 3. The maximum Gasteiger partial charge on any atom is 0.393 e. The van der Waals surface area contributed by atoms with Crippen LogP contribution in [0.3, 0.4) is 0 Å². The Morgan fingerprint density at radius 3 is 2.37 bits per heavy atom. The molecule has 1 nitrogen and oxygen atoms in total. The number of halogens is 3. The minimum Gasteiger partial charge on any atom is -0.330 e. The zero-order valence-corrected chi connectivity index (χ0v) is 11.0. The molecule has 2 aromatic carbocycles. The van der Waals surface area contributed by atoms with Crippen molar-refractivity contribution in [2.75, 3.05) is 12.3 Å². The molecule has 2 N–H and O–H groups in total. The van der Waals surface area contributed by atoms with Gasteiger partial charge in [0.2, 0.25) is 0 Å². The van der Waals surface area contributed by atoms with Crippen LogP contribution in [0.25, 0.3) is 10.8 Å². The molecule has 0 spiro atoms. The zero-order chi connectivity index (χ0) is 13.9. The molecule has 0 aliphatic heterocycles. The second-order valence-corrected chi connectivity index (χ2v) is 5.39. The Kier molecular flexibility index (Phi) is 4.37. The van der Waals surface area contributed by atoms with E-state index in [0.717, 1.165) is 15.7 Å². The van der Waals surface area contributed by atoms with Crippen LogP contribution in [0, 0.1) is 5.92 Å². The van der Waals surface area contributed by atoms with Crippen molar-refractivity contribution in [1.82, 2.24) is 0 Å². The van der Waals surface area contributed by atoms with Crippen molar-refractivity contribution in [3.05, 3.63) is 42.5 Å². The summed E-state index contributed by atoms with van der Waals surface area (Å²) in [5.41, 5.74) is 5.18. The van der Waals surface area contributed by atoms with Gasteiger partial charge in [-0.1, -0.05) is 30.3 Å². The number of benzene rings is 2. The number of fused-ring (bicyclic) bond motifs is 1. The molecule has 2 rings (SSSR count). The van der Waals surface area contributed by atoms with E-state index in [4.69, 9.17) is 5.73 Å². The van der Waals surface area contributed by atoms with Crippen LogP contribution in [0.15, 0.2) is 47.4 Å². The largest absolute Gasteiger partial charge is 0.393 e. The van der Waals surface area contributed by atoms with Gasteiger partial charge >= 0.3 is 6.18 Å². The minimum atomic E-state index is -4.22. The fraction of sp³-hybridized carbons (Fsp3) is 0.286. The first-order valence-corrected chi connectivity index (χ1v) is 6.87. The molecule has 19 heavy (non-hydrogen) atoms. The van der Waals surface area contributed by atoms with E-state index in [0.29, 0.717) is 0 Å². The smallest absolute Gasteiger partial charge is 0.330 e. The lowest BCUT2D eigenvalue weighted by Gasteiger charge is -2.17. The molecule has 2 aromatic rings. The van der Waals surface area contributed by atoms with E-state index in [1.54, 1.807) is 0 Å². The van der Waals surface area contributed by atoms with Gasteiger partial charge in [0.15, 0.2) is 0 Å². The minimum absolute atomic E-state index is 0.0433. The standard InChI is InChI=1S/C14H14F3NS/c15-14(16,17)12(8-18)9-19-13-6-5-10-3-1-2-4-11(10)7-13/h1-7,12H,8-9,18H2. The van der Waals surface area contributed by atoms with E-state index in [1.807, 2.05) is 42.5 Å². The van der Waals surface area contributed by atoms with Crippen LogP contribution < -0.4 is 5.73 Å². The van der Waals surface area contributed by atoms with Crippen LogP contribution in [-0.4, -0.2) is 18.5 Å². The highest BCUT2D eigenvalue weighted by Gasteiger charge is 2.38. The van der Waals surface area contributed by atoms with Crippen molar-refractivity contribution >= 4 is 22.5 Å². The first-order chi connectivity index (χ1) is 9.00. The molecule has 0 radical (unpaired) electrons. The number of nitrogens with two attached hydrogens (primary N) is 1. The molecule has 1 atom stereocenters. The predicted octanol–water partition coefficient (Wildman–Crippen LogP) is 4.07. The number of hydrogen-bond donors (Lipinski definition) is 1. The summed E-state index contributed by atoms with van der Waals surface area (Å²) in [6.45, 7) is -0.371. The van der Waals surface area contributed by atoms with Crippen molar-refractivity contribution in [3.63, 3.8) is 0 Å². The van der Waals surface area contributed by atoms with Gasteiger partial charge in [0, 0.05) is 17.2 Å². The number of thioether (sulfide) groups is 1. The van der Waals surface area contributed by atoms with Crippen molar-refractivity contribution in [1.29, 1.82) is 0 Å². The lowest BCUT2D eigenvalue weighted by molar-refractivity contribution is -0.165. The van der Waals surface area contributed by atoms with Crippen LogP contribution in [0.4, 0.5) is 13.2 Å². The molecule has 0 saturated carbocycles. The van der Waals surface area contributed by atoms with Gasteiger partial charge in [-0.15, -0.1) is 11.8 Å². The summed E-state index contributed by atoms with van der Waals surface area (Å²) in [5.74, 6) is -1.50. The van der Waals surface area contributed by atoms with E-state index in [-0.39, 0.29) is 12.3 Å². The van der Waals surface area contributed by atoms with Crippen LogP contribution in [0.5, 0.6) is 0 Å². The second kappa shape index (κ2) is 5.84. The summed E-state index contributed by atoms with van der Waals surface area (Å²) < 4.78 is 37.7. The van der Waals surface area contributed by atoms with E-state index in [2.05, 4.69) is 0 Å². The Bertz CT molecular complexity index is 554. The Morgan fingerprint density at radius 2 is 1.74 bits per heavy atom. The van der Waals surface area contributed by atoms with Gasteiger partial charge in [0.05, 0.1) is 5.92 Å². The lowest BCUT2D eigenvalue weighted by atomic mass is 10.1. The molecular formula is C14H14F3NS. The lowest BCUT2D eigenvalue weighted by Crippen LogP contribution is -2.32. The predicted molar refractivity (Wildman–Crippen MR) is 73.3 cm³/mol. The van der Waals surface area contributed by atoms with Crippen molar-refractivity contribution in [2.24, 2.45) is 11.7 Å². The highest BCUT2D eigenvalue weighted by atomic mass is 32.2. The van der Waals surface area contributed by atoms with Gasteiger partial charge in [-0.25, -0.2) is 0 Å². The summed E-state index contributed by atoms with van der Waals surface area (Å²) in [4.78, 5) is 0.835. The molecular weight excluding hydrogens is 271 g/mol. The van der Waals surface area contributed by atoms with Crippen LogP contribution >= 0.6 is 11.8 Å². The molecule has 0 bridgehead atoms. The Hall–Kier alpha value is -1.20. The highest BCUT2D eigenvalue weighted by Crippen LogP contribution is 2.32. The van der Waals surface area contributed by atoms with Crippen molar-refractivity contribution in [2.45, 2.75) is 11.1 Å². The molecule has 0 amide bonds. The maximum atomic E-state index is 12.6.